The minimum atomic E-state index is -0.501. The van der Waals surface area contributed by atoms with Gasteiger partial charge in [0, 0.05) is 31.8 Å². The Morgan fingerprint density at radius 1 is 0.958 bits per heavy atom. The van der Waals surface area contributed by atoms with E-state index in [9.17, 15) is 5.11 Å². The van der Waals surface area contributed by atoms with Crippen LogP contribution in [0.15, 0.2) is 18.2 Å². The number of methoxy groups -OCH3 is 2. The first-order chi connectivity index (χ1) is 11.3. The van der Waals surface area contributed by atoms with Gasteiger partial charge in [-0.05, 0) is 37.5 Å². The third-order valence-electron chi connectivity index (χ3n) is 3.73. The minimum Gasteiger partial charge on any atom is -0.497 e. The first kappa shape index (κ1) is 20.7. The van der Waals surface area contributed by atoms with E-state index in [1.54, 1.807) is 14.2 Å². The predicted molar refractivity (Wildman–Crippen MR) is 96.8 cm³/mol. The highest BCUT2D eigenvalue weighted by Gasteiger charge is 2.16. The highest BCUT2D eigenvalue weighted by molar-refractivity contribution is 5.38. The molecular formula is C19H33NO4. The van der Waals surface area contributed by atoms with Gasteiger partial charge in [-0.3, -0.25) is 4.90 Å². The highest BCUT2D eigenvalue weighted by Crippen LogP contribution is 2.24. The van der Waals surface area contributed by atoms with E-state index in [2.05, 4.69) is 32.6 Å². The molecule has 5 nitrogen and oxygen atoms in total. The summed E-state index contributed by atoms with van der Waals surface area (Å²) in [5.74, 6) is 2.02. The molecule has 0 saturated carbocycles. The summed E-state index contributed by atoms with van der Waals surface area (Å²) in [6.07, 6.45) is -0.501. The molecule has 0 radical (unpaired) electrons. The van der Waals surface area contributed by atoms with Gasteiger partial charge in [0.25, 0.3) is 0 Å². The van der Waals surface area contributed by atoms with Gasteiger partial charge in [0.1, 0.15) is 11.5 Å². The van der Waals surface area contributed by atoms with Crippen LogP contribution in [0.25, 0.3) is 0 Å². The molecule has 138 valence electrons. The summed E-state index contributed by atoms with van der Waals surface area (Å²) in [6, 6.07) is 6.17. The molecule has 24 heavy (non-hydrogen) atoms. The molecule has 5 heteroatoms. The van der Waals surface area contributed by atoms with Crippen molar-refractivity contribution in [2.45, 2.75) is 46.4 Å². The zero-order valence-corrected chi connectivity index (χ0v) is 15.9. The first-order valence-electron chi connectivity index (χ1n) is 8.57. The van der Waals surface area contributed by atoms with Crippen molar-refractivity contribution in [1.82, 2.24) is 4.90 Å². The van der Waals surface area contributed by atoms with Crippen molar-refractivity contribution in [3.05, 3.63) is 23.8 Å². The Balaban J connectivity index is 2.69. The molecule has 0 heterocycles. The Morgan fingerprint density at radius 2 is 1.54 bits per heavy atom. The number of ether oxygens (including phenoxy) is 3. The number of nitrogens with zero attached hydrogens (tertiary/aromatic N) is 1. The van der Waals surface area contributed by atoms with Gasteiger partial charge < -0.3 is 19.3 Å². The number of aliphatic hydroxyl groups is 1. The van der Waals surface area contributed by atoms with Crippen LogP contribution in [0.5, 0.6) is 11.5 Å². The quantitative estimate of drug-likeness (QED) is 0.672. The van der Waals surface area contributed by atoms with Crippen LogP contribution in [0.4, 0.5) is 0 Å². The van der Waals surface area contributed by atoms with Crippen LogP contribution in [0.1, 0.15) is 33.3 Å². The smallest absolute Gasteiger partial charge is 0.122 e. The normalized spacial score (nSPS) is 12.9. The van der Waals surface area contributed by atoms with E-state index in [0.717, 1.165) is 17.1 Å². The summed E-state index contributed by atoms with van der Waals surface area (Å²) in [4.78, 5) is 2.22. The molecular weight excluding hydrogens is 306 g/mol. The maximum atomic E-state index is 10.2. The summed E-state index contributed by atoms with van der Waals surface area (Å²) >= 11 is 0. The van der Waals surface area contributed by atoms with Crippen molar-refractivity contribution in [1.29, 1.82) is 0 Å². The van der Waals surface area contributed by atoms with Crippen LogP contribution in [-0.2, 0) is 11.3 Å². The lowest BCUT2D eigenvalue weighted by atomic mass is 10.1. The summed E-state index contributed by atoms with van der Waals surface area (Å²) in [5, 5.41) is 10.2. The standard InChI is InChI=1S/C19H33NO4/c1-14(2)12-24-13-17(21)11-20(15(3)4)10-16-7-18(22-5)9-19(8-16)23-6/h7-9,14-15,17,21H,10-13H2,1-6H3/t17-/m0/s1. The SMILES string of the molecule is COc1cc(CN(C[C@H](O)COCC(C)C)C(C)C)cc(OC)c1. The Morgan fingerprint density at radius 3 is 2.00 bits per heavy atom. The van der Waals surface area contributed by atoms with Crippen LogP contribution >= 0.6 is 0 Å². The molecule has 1 aromatic rings. The van der Waals surface area contributed by atoms with Crippen molar-refractivity contribution < 1.29 is 19.3 Å². The van der Waals surface area contributed by atoms with E-state index in [1.807, 2.05) is 18.2 Å². The number of rotatable bonds is 11. The Kier molecular flexibility index (Phi) is 9.11. The van der Waals surface area contributed by atoms with Crippen molar-refractivity contribution in [2.24, 2.45) is 5.92 Å². The van der Waals surface area contributed by atoms with Crippen molar-refractivity contribution in [2.75, 3.05) is 34.0 Å². The number of aliphatic hydroxyl groups excluding tert-OH is 1. The molecule has 0 aliphatic carbocycles. The molecule has 0 spiro atoms. The number of hydrogen-bond acceptors (Lipinski definition) is 5. The molecule has 0 aliphatic rings. The van der Waals surface area contributed by atoms with Gasteiger partial charge in [0.2, 0.25) is 0 Å². The molecule has 0 unspecified atom stereocenters. The Labute approximate surface area is 146 Å². The first-order valence-corrected chi connectivity index (χ1v) is 8.57. The lowest BCUT2D eigenvalue weighted by Gasteiger charge is -2.29. The highest BCUT2D eigenvalue weighted by atomic mass is 16.5. The van der Waals surface area contributed by atoms with Crippen LogP contribution in [0.2, 0.25) is 0 Å². The van der Waals surface area contributed by atoms with Gasteiger partial charge in [0.15, 0.2) is 0 Å². The molecule has 1 atom stereocenters. The average molecular weight is 339 g/mol. The predicted octanol–water partition coefficient (Wildman–Crippen LogP) is 2.95. The molecule has 0 fully saturated rings. The number of hydrogen-bond donors (Lipinski definition) is 1. The van der Waals surface area contributed by atoms with Crippen LogP contribution in [0, 0.1) is 5.92 Å². The maximum Gasteiger partial charge on any atom is 0.122 e. The largest absolute Gasteiger partial charge is 0.497 e. The van der Waals surface area contributed by atoms with E-state index in [0.29, 0.717) is 38.3 Å². The second kappa shape index (κ2) is 10.5. The van der Waals surface area contributed by atoms with E-state index in [1.165, 1.54) is 0 Å². The van der Waals surface area contributed by atoms with E-state index < -0.39 is 6.10 Å². The molecule has 0 saturated heterocycles. The van der Waals surface area contributed by atoms with Crippen molar-refractivity contribution >= 4 is 0 Å². The lowest BCUT2D eigenvalue weighted by Crippen LogP contribution is -2.39. The molecule has 0 amide bonds. The third kappa shape index (κ3) is 7.51. The van der Waals surface area contributed by atoms with Crippen molar-refractivity contribution in [3.63, 3.8) is 0 Å². The van der Waals surface area contributed by atoms with Gasteiger partial charge in [-0.1, -0.05) is 13.8 Å². The molecule has 1 aromatic carbocycles. The second-order valence-corrected chi connectivity index (χ2v) is 6.83. The van der Waals surface area contributed by atoms with E-state index >= 15 is 0 Å². The second-order valence-electron chi connectivity index (χ2n) is 6.83. The lowest BCUT2D eigenvalue weighted by molar-refractivity contribution is 0.00172. The zero-order chi connectivity index (χ0) is 18.1. The summed E-state index contributed by atoms with van der Waals surface area (Å²) in [6.45, 7) is 10.8. The Bertz CT molecular complexity index is 454. The maximum absolute atomic E-state index is 10.2. The monoisotopic (exact) mass is 339 g/mol. The fourth-order valence-corrected chi connectivity index (χ4v) is 2.41. The van der Waals surface area contributed by atoms with Gasteiger partial charge in [-0.15, -0.1) is 0 Å². The number of benzene rings is 1. The van der Waals surface area contributed by atoms with Crippen LogP contribution < -0.4 is 9.47 Å². The molecule has 0 bridgehead atoms. The minimum absolute atomic E-state index is 0.307. The van der Waals surface area contributed by atoms with E-state index in [4.69, 9.17) is 14.2 Å². The molecule has 1 N–H and O–H groups in total. The molecule has 0 aromatic heterocycles. The fourth-order valence-electron chi connectivity index (χ4n) is 2.41. The van der Waals surface area contributed by atoms with Gasteiger partial charge in [0.05, 0.1) is 26.9 Å². The van der Waals surface area contributed by atoms with Crippen molar-refractivity contribution in [3.8, 4) is 11.5 Å². The summed E-state index contributed by atoms with van der Waals surface area (Å²) in [5.41, 5.74) is 1.09. The van der Waals surface area contributed by atoms with Gasteiger partial charge in [-0.2, -0.15) is 0 Å². The zero-order valence-electron chi connectivity index (χ0n) is 15.9. The van der Waals surface area contributed by atoms with E-state index in [-0.39, 0.29) is 0 Å². The topological polar surface area (TPSA) is 51.2 Å². The third-order valence-corrected chi connectivity index (χ3v) is 3.73. The van der Waals surface area contributed by atoms with Gasteiger partial charge in [-0.25, -0.2) is 0 Å². The average Bonchev–Trinajstić information content (AvgIpc) is 2.53. The van der Waals surface area contributed by atoms with Crippen LogP contribution in [0.3, 0.4) is 0 Å². The van der Waals surface area contributed by atoms with Crippen LogP contribution in [-0.4, -0.2) is 56.1 Å². The fraction of sp³-hybridized carbons (Fsp3) is 0.684. The van der Waals surface area contributed by atoms with Gasteiger partial charge >= 0.3 is 0 Å². The molecule has 1 rings (SSSR count). The summed E-state index contributed by atoms with van der Waals surface area (Å²) in [7, 11) is 3.29. The molecule has 0 aliphatic heterocycles. The Hall–Kier alpha value is -1.30. The summed E-state index contributed by atoms with van der Waals surface area (Å²) < 4.78 is 16.2.